The summed E-state index contributed by atoms with van der Waals surface area (Å²) >= 11 is 1.69. The van der Waals surface area contributed by atoms with E-state index in [1.807, 2.05) is 35.7 Å². The van der Waals surface area contributed by atoms with Crippen molar-refractivity contribution in [2.75, 3.05) is 25.4 Å². The number of rotatable bonds is 7. The summed E-state index contributed by atoms with van der Waals surface area (Å²) in [5.74, 6) is 0. The van der Waals surface area contributed by atoms with Crippen LogP contribution in [0, 0.1) is 0 Å². The number of likely N-dealkylation sites (tertiary alicyclic amines) is 1. The normalized spacial score (nSPS) is 18.1. The molecule has 4 rings (SSSR count). The zero-order chi connectivity index (χ0) is 20.2. The van der Waals surface area contributed by atoms with E-state index in [0.29, 0.717) is 18.6 Å². The highest BCUT2D eigenvalue weighted by atomic mass is 32.1. The van der Waals surface area contributed by atoms with Gasteiger partial charge in [-0.15, -0.1) is 11.3 Å². The molecule has 2 unspecified atom stereocenters. The largest absolute Gasteiger partial charge is 0.398 e. The van der Waals surface area contributed by atoms with Gasteiger partial charge in [0.2, 0.25) is 0 Å². The van der Waals surface area contributed by atoms with Crippen LogP contribution >= 0.6 is 11.3 Å². The van der Waals surface area contributed by atoms with Gasteiger partial charge in [-0.1, -0.05) is 25.1 Å². The summed E-state index contributed by atoms with van der Waals surface area (Å²) in [4.78, 5) is 7.02. The molecule has 0 aliphatic carbocycles. The zero-order valence-electron chi connectivity index (χ0n) is 16.9. The van der Waals surface area contributed by atoms with Crippen molar-refractivity contribution in [1.29, 1.82) is 0 Å². The van der Waals surface area contributed by atoms with Gasteiger partial charge >= 0.3 is 0 Å². The Kier molecular flexibility index (Phi) is 6.45. The zero-order valence-corrected chi connectivity index (χ0v) is 17.7. The molecule has 1 aromatic carbocycles. The van der Waals surface area contributed by atoms with E-state index >= 15 is 0 Å². The molecule has 3 aromatic rings. The maximum absolute atomic E-state index is 10.6. The molecule has 0 radical (unpaired) electrons. The average Bonchev–Trinajstić information content (AvgIpc) is 3.18. The molecule has 0 spiro atoms. The number of nitrogens with two attached hydrogens (primary N) is 1. The van der Waals surface area contributed by atoms with Gasteiger partial charge in [0.1, 0.15) is 0 Å². The van der Waals surface area contributed by atoms with Gasteiger partial charge in [-0.05, 0) is 36.8 Å². The van der Waals surface area contributed by atoms with Crippen molar-refractivity contribution in [3.8, 4) is 0 Å². The Bertz CT molecular complexity index is 935. The van der Waals surface area contributed by atoms with E-state index in [-0.39, 0.29) is 0 Å². The van der Waals surface area contributed by atoms with Gasteiger partial charge < -0.3 is 16.2 Å². The number of nitrogen functional groups attached to an aromatic ring is 1. The summed E-state index contributed by atoms with van der Waals surface area (Å²) in [5, 5.41) is 19.5. The Hall–Kier alpha value is -1.99. The van der Waals surface area contributed by atoms with Crippen LogP contribution in [-0.2, 0) is 0 Å². The molecule has 6 heteroatoms. The number of aliphatic hydroxyl groups excluding tert-OH is 1. The molecule has 1 aliphatic heterocycles. The number of piperidine rings is 1. The van der Waals surface area contributed by atoms with Crippen LogP contribution in [0.25, 0.3) is 10.9 Å². The van der Waals surface area contributed by atoms with Crippen molar-refractivity contribution in [3.05, 3.63) is 58.4 Å². The van der Waals surface area contributed by atoms with Crippen LogP contribution in [0.1, 0.15) is 49.5 Å². The Morgan fingerprint density at radius 2 is 2.07 bits per heavy atom. The van der Waals surface area contributed by atoms with Gasteiger partial charge in [-0.25, -0.2) is 0 Å². The summed E-state index contributed by atoms with van der Waals surface area (Å²) in [6.07, 6.45) is 4.49. The number of aliphatic hydroxyl groups is 1. The monoisotopic (exact) mass is 410 g/mol. The second kappa shape index (κ2) is 9.22. The van der Waals surface area contributed by atoms with Crippen molar-refractivity contribution >= 4 is 27.9 Å². The van der Waals surface area contributed by atoms with Crippen LogP contribution in [-0.4, -0.2) is 40.7 Å². The number of hydrogen-bond donors (Lipinski definition) is 3. The minimum atomic E-state index is -0.542. The number of thiophene rings is 1. The maximum Gasteiger partial charge on any atom is 0.0929 e. The minimum Gasteiger partial charge on any atom is -0.398 e. The van der Waals surface area contributed by atoms with E-state index < -0.39 is 6.10 Å². The van der Waals surface area contributed by atoms with Gasteiger partial charge in [0.05, 0.1) is 11.6 Å². The fraction of sp³-hybridized carbons (Fsp3) is 0.435. The molecule has 0 bridgehead atoms. The van der Waals surface area contributed by atoms with Gasteiger partial charge in [0, 0.05) is 65.5 Å². The summed E-state index contributed by atoms with van der Waals surface area (Å²) in [7, 11) is 0. The van der Waals surface area contributed by atoms with E-state index in [1.165, 1.54) is 5.56 Å². The van der Waals surface area contributed by atoms with Crippen LogP contribution in [0.5, 0.6) is 0 Å². The Morgan fingerprint density at radius 1 is 1.28 bits per heavy atom. The SMILES string of the molecule is CCC(c1cscc1N)N1CCC(NCC(O)c2cnc3ccccc3c2)CC1. The summed E-state index contributed by atoms with van der Waals surface area (Å²) in [5.41, 5.74) is 10.2. The molecule has 1 aliphatic rings. The van der Waals surface area contributed by atoms with E-state index in [4.69, 9.17) is 5.73 Å². The average molecular weight is 411 g/mol. The molecule has 5 nitrogen and oxygen atoms in total. The highest BCUT2D eigenvalue weighted by Gasteiger charge is 2.26. The van der Waals surface area contributed by atoms with Crippen molar-refractivity contribution in [2.45, 2.75) is 44.4 Å². The molecule has 0 saturated carbocycles. The molecular formula is C23H30N4OS. The lowest BCUT2D eigenvalue weighted by Crippen LogP contribution is -2.44. The first kappa shape index (κ1) is 20.3. The number of anilines is 1. The number of fused-ring (bicyclic) bond motifs is 1. The summed E-state index contributed by atoms with van der Waals surface area (Å²) < 4.78 is 0. The Morgan fingerprint density at radius 3 is 2.79 bits per heavy atom. The molecule has 3 heterocycles. The summed E-state index contributed by atoms with van der Waals surface area (Å²) in [6, 6.07) is 10.9. The van der Waals surface area contributed by atoms with E-state index in [1.54, 1.807) is 17.5 Å². The third-order valence-electron chi connectivity index (χ3n) is 6.04. The predicted octanol–water partition coefficient (Wildman–Crippen LogP) is 4.12. The molecular weight excluding hydrogens is 380 g/mol. The first-order chi connectivity index (χ1) is 14.2. The minimum absolute atomic E-state index is 0.413. The van der Waals surface area contributed by atoms with Crippen molar-refractivity contribution in [1.82, 2.24) is 15.2 Å². The number of nitrogens with zero attached hydrogens (tertiary/aromatic N) is 2. The Balaban J connectivity index is 1.29. The lowest BCUT2D eigenvalue weighted by Gasteiger charge is -2.38. The number of aromatic nitrogens is 1. The second-order valence-electron chi connectivity index (χ2n) is 7.90. The van der Waals surface area contributed by atoms with Crippen LogP contribution in [0.15, 0.2) is 47.3 Å². The van der Waals surface area contributed by atoms with Crippen molar-refractivity contribution in [2.24, 2.45) is 0 Å². The number of nitrogens with one attached hydrogen (secondary N) is 1. The van der Waals surface area contributed by atoms with Gasteiger partial charge in [0.15, 0.2) is 0 Å². The summed E-state index contributed by atoms with van der Waals surface area (Å²) in [6.45, 7) is 4.90. The quantitative estimate of drug-likeness (QED) is 0.546. The first-order valence-corrected chi connectivity index (χ1v) is 11.4. The predicted molar refractivity (Wildman–Crippen MR) is 121 cm³/mol. The molecule has 2 atom stereocenters. The van der Waals surface area contributed by atoms with Gasteiger partial charge in [0.25, 0.3) is 0 Å². The van der Waals surface area contributed by atoms with Crippen LogP contribution < -0.4 is 11.1 Å². The third-order valence-corrected chi connectivity index (χ3v) is 6.82. The van der Waals surface area contributed by atoms with Crippen molar-refractivity contribution in [3.63, 3.8) is 0 Å². The van der Waals surface area contributed by atoms with Crippen LogP contribution in [0.2, 0.25) is 0 Å². The third kappa shape index (κ3) is 4.61. The first-order valence-electron chi connectivity index (χ1n) is 10.5. The van der Waals surface area contributed by atoms with E-state index in [0.717, 1.165) is 54.5 Å². The maximum atomic E-state index is 10.6. The number of hydrogen-bond acceptors (Lipinski definition) is 6. The Labute approximate surface area is 176 Å². The smallest absolute Gasteiger partial charge is 0.0929 e. The topological polar surface area (TPSA) is 74.4 Å². The molecule has 1 saturated heterocycles. The molecule has 29 heavy (non-hydrogen) atoms. The molecule has 2 aromatic heterocycles. The fourth-order valence-corrected chi connectivity index (χ4v) is 5.13. The number of pyridine rings is 1. The van der Waals surface area contributed by atoms with Crippen LogP contribution in [0.4, 0.5) is 5.69 Å². The van der Waals surface area contributed by atoms with E-state index in [2.05, 4.69) is 27.5 Å². The lowest BCUT2D eigenvalue weighted by molar-refractivity contribution is 0.125. The fourth-order valence-electron chi connectivity index (χ4n) is 4.34. The van der Waals surface area contributed by atoms with Gasteiger partial charge in [-0.3, -0.25) is 9.88 Å². The van der Waals surface area contributed by atoms with Crippen LogP contribution in [0.3, 0.4) is 0 Å². The standard InChI is InChI=1S/C23H30N4OS/c1-2-22(19-14-29-15-20(19)24)27-9-7-18(8-10-27)25-13-23(28)17-11-16-5-3-4-6-21(16)26-12-17/h3-6,11-12,14-15,18,22-23,25,28H,2,7-10,13,24H2,1H3. The van der Waals surface area contributed by atoms with Gasteiger partial charge in [-0.2, -0.15) is 0 Å². The van der Waals surface area contributed by atoms with Crippen molar-refractivity contribution < 1.29 is 5.11 Å². The molecule has 4 N–H and O–H groups in total. The molecule has 0 amide bonds. The molecule has 154 valence electrons. The number of benzene rings is 1. The highest BCUT2D eigenvalue weighted by Crippen LogP contribution is 2.33. The second-order valence-corrected chi connectivity index (χ2v) is 8.65. The van der Waals surface area contributed by atoms with E-state index in [9.17, 15) is 5.11 Å². The lowest BCUT2D eigenvalue weighted by atomic mass is 9.98. The number of para-hydroxylation sites is 1. The highest BCUT2D eigenvalue weighted by molar-refractivity contribution is 7.08. The molecule has 1 fully saturated rings.